The summed E-state index contributed by atoms with van der Waals surface area (Å²) in [6.45, 7) is 0.706. The monoisotopic (exact) mass is 347 g/mol. The predicted molar refractivity (Wildman–Crippen MR) is 91.6 cm³/mol. The number of nitrogens with zero attached hydrogens (tertiary/aromatic N) is 1. The number of hydrogen-bond donors (Lipinski definition) is 5. The topological polar surface area (TPSA) is 149 Å². The van der Waals surface area contributed by atoms with E-state index in [-0.39, 0.29) is 24.7 Å². The van der Waals surface area contributed by atoms with E-state index in [0.717, 1.165) is 0 Å². The number of anilines is 1. The van der Waals surface area contributed by atoms with Crippen molar-refractivity contribution in [1.82, 2.24) is 10.6 Å². The third-order valence-corrected chi connectivity index (χ3v) is 3.85. The molecule has 134 valence electrons. The van der Waals surface area contributed by atoms with Crippen LogP contribution in [0.2, 0.25) is 0 Å². The van der Waals surface area contributed by atoms with E-state index in [2.05, 4.69) is 10.6 Å². The summed E-state index contributed by atoms with van der Waals surface area (Å²) >= 11 is 0. The molecule has 1 fully saturated rings. The van der Waals surface area contributed by atoms with Crippen LogP contribution in [0.4, 0.5) is 10.5 Å². The Morgan fingerprint density at radius 1 is 1.32 bits per heavy atom. The van der Waals surface area contributed by atoms with Gasteiger partial charge in [0.25, 0.3) is 0 Å². The Hall–Kier alpha value is -3.10. The third kappa shape index (κ3) is 4.93. The van der Waals surface area contributed by atoms with E-state index in [1.807, 2.05) is 0 Å². The molecule has 1 saturated heterocycles. The first kappa shape index (κ1) is 18.2. The molecule has 1 heterocycles. The maximum atomic E-state index is 12.4. The zero-order chi connectivity index (χ0) is 18.4. The highest BCUT2D eigenvalue weighted by molar-refractivity contribution is 6.02. The number of carboxylic acids is 1. The van der Waals surface area contributed by atoms with E-state index < -0.39 is 18.0 Å². The number of hydrogen-bond acceptors (Lipinski definition) is 4. The van der Waals surface area contributed by atoms with Crippen LogP contribution in [0.25, 0.3) is 0 Å². The first-order valence-corrected chi connectivity index (χ1v) is 7.90. The van der Waals surface area contributed by atoms with E-state index in [1.54, 1.807) is 29.2 Å². The molecule has 9 heteroatoms. The first-order valence-electron chi connectivity index (χ1n) is 7.90. The molecule has 1 aliphatic heterocycles. The Kier molecular flexibility index (Phi) is 5.93. The summed E-state index contributed by atoms with van der Waals surface area (Å²) < 4.78 is 0. The normalized spacial score (nSPS) is 16.6. The molecule has 6 N–H and O–H groups in total. The number of nitrogens with two attached hydrogens (primary N) is 1. The first-order chi connectivity index (χ1) is 11.9. The van der Waals surface area contributed by atoms with E-state index in [0.29, 0.717) is 30.6 Å². The van der Waals surface area contributed by atoms with Crippen molar-refractivity contribution in [3.8, 4) is 0 Å². The number of urea groups is 1. The van der Waals surface area contributed by atoms with Crippen molar-refractivity contribution in [3.63, 3.8) is 0 Å². The van der Waals surface area contributed by atoms with E-state index in [9.17, 15) is 14.4 Å². The molecule has 0 unspecified atom stereocenters. The van der Waals surface area contributed by atoms with E-state index in [4.69, 9.17) is 16.2 Å². The molecule has 1 aromatic carbocycles. The second-order valence-corrected chi connectivity index (χ2v) is 5.69. The Balaban J connectivity index is 1.85. The highest BCUT2D eigenvalue weighted by Crippen LogP contribution is 2.22. The van der Waals surface area contributed by atoms with Crippen LogP contribution >= 0.6 is 0 Å². The van der Waals surface area contributed by atoms with Gasteiger partial charge in [0, 0.05) is 30.8 Å². The number of nitrogens with one attached hydrogen (secondary N) is 3. The van der Waals surface area contributed by atoms with Gasteiger partial charge in [-0.3, -0.25) is 15.0 Å². The maximum absolute atomic E-state index is 12.4. The third-order valence-electron chi connectivity index (χ3n) is 3.85. The van der Waals surface area contributed by atoms with Crippen LogP contribution in [0.15, 0.2) is 24.3 Å². The molecule has 0 aromatic heterocycles. The van der Waals surface area contributed by atoms with E-state index >= 15 is 0 Å². The molecule has 0 bridgehead atoms. The quantitative estimate of drug-likeness (QED) is 0.272. The van der Waals surface area contributed by atoms with Crippen LogP contribution in [0, 0.1) is 5.41 Å². The zero-order valence-electron chi connectivity index (χ0n) is 13.6. The smallest absolute Gasteiger partial charge is 0.315 e. The maximum Gasteiger partial charge on any atom is 0.315 e. The highest BCUT2D eigenvalue weighted by atomic mass is 16.4. The second-order valence-electron chi connectivity index (χ2n) is 5.69. The summed E-state index contributed by atoms with van der Waals surface area (Å²) in [6, 6.07) is 5.65. The zero-order valence-corrected chi connectivity index (χ0v) is 13.6. The Bertz CT molecular complexity index is 674. The predicted octanol–water partition coefficient (Wildman–Crippen LogP) is 0.240. The Labute approximate surface area is 144 Å². The molecule has 9 nitrogen and oxygen atoms in total. The van der Waals surface area contributed by atoms with Gasteiger partial charge in [-0.25, -0.2) is 4.79 Å². The second kappa shape index (κ2) is 8.13. The summed E-state index contributed by atoms with van der Waals surface area (Å²) in [5, 5.41) is 21.0. The lowest BCUT2D eigenvalue weighted by atomic mass is 10.2. The Morgan fingerprint density at radius 2 is 2.00 bits per heavy atom. The van der Waals surface area contributed by atoms with Gasteiger partial charge in [-0.15, -0.1) is 0 Å². The molecule has 3 amide bonds. The molecule has 0 radical (unpaired) electrons. The molecule has 2 rings (SSSR count). The lowest BCUT2D eigenvalue weighted by Crippen LogP contribution is -2.46. The van der Waals surface area contributed by atoms with Crippen molar-refractivity contribution in [2.24, 2.45) is 5.73 Å². The van der Waals surface area contributed by atoms with Crippen molar-refractivity contribution in [1.29, 1.82) is 5.41 Å². The van der Waals surface area contributed by atoms with Crippen molar-refractivity contribution in [3.05, 3.63) is 29.8 Å². The summed E-state index contributed by atoms with van der Waals surface area (Å²) in [6.07, 6.45) is 0.790. The standard InChI is InChI=1S/C16H21N5O4/c17-14(18)10-3-5-11(6-4-10)21-9-7-12(15(21)24)20-16(25)19-8-1-2-13(22)23/h3-6,12H,1-2,7-9H2,(H3,17,18)(H,22,23)(H2,19,20,25)/t12-/m1/s1. The van der Waals surface area contributed by atoms with Crippen LogP contribution in [-0.4, -0.2) is 48.0 Å². The number of rotatable bonds is 7. The minimum Gasteiger partial charge on any atom is -0.481 e. The number of aliphatic carboxylic acids is 1. The van der Waals surface area contributed by atoms with Crippen LogP contribution < -0.4 is 21.3 Å². The fourth-order valence-electron chi connectivity index (χ4n) is 2.54. The van der Waals surface area contributed by atoms with Gasteiger partial charge in [0.1, 0.15) is 11.9 Å². The van der Waals surface area contributed by atoms with Crippen LogP contribution in [0.1, 0.15) is 24.8 Å². The summed E-state index contributed by atoms with van der Waals surface area (Å²) in [7, 11) is 0. The van der Waals surface area contributed by atoms with Crippen LogP contribution in [0.5, 0.6) is 0 Å². The lowest BCUT2D eigenvalue weighted by molar-refractivity contribution is -0.137. The van der Waals surface area contributed by atoms with Crippen molar-refractivity contribution >= 4 is 29.4 Å². The summed E-state index contributed by atoms with van der Waals surface area (Å²) in [5.41, 5.74) is 6.66. The minimum atomic E-state index is -0.917. The van der Waals surface area contributed by atoms with Gasteiger partial charge in [-0.1, -0.05) is 0 Å². The fourth-order valence-corrected chi connectivity index (χ4v) is 2.54. The molecule has 0 aliphatic carbocycles. The number of amidine groups is 1. The number of carbonyl (C=O) groups is 3. The van der Waals surface area contributed by atoms with Gasteiger partial charge in [-0.2, -0.15) is 0 Å². The molecular formula is C16H21N5O4. The molecule has 25 heavy (non-hydrogen) atoms. The van der Waals surface area contributed by atoms with Crippen molar-refractivity contribution in [2.75, 3.05) is 18.0 Å². The number of carboxylic acid groups (broad SMARTS) is 1. The number of carbonyl (C=O) groups excluding carboxylic acids is 2. The molecule has 0 spiro atoms. The molecule has 0 saturated carbocycles. The van der Waals surface area contributed by atoms with Gasteiger partial charge in [0.2, 0.25) is 5.91 Å². The van der Waals surface area contributed by atoms with E-state index in [1.165, 1.54) is 0 Å². The average Bonchev–Trinajstić information content (AvgIpc) is 2.92. The fraction of sp³-hybridized carbons (Fsp3) is 0.375. The number of benzene rings is 1. The molecule has 1 aromatic rings. The minimum absolute atomic E-state index is 0.0212. The summed E-state index contributed by atoms with van der Waals surface area (Å²) in [5.74, 6) is -1.17. The molecular weight excluding hydrogens is 326 g/mol. The van der Waals surface area contributed by atoms with Gasteiger partial charge in [0.15, 0.2) is 0 Å². The van der Waals surface area contributed by atoms with Gasteiger partial charge >= 0.3 is 12.0 Å². The highest BCUT2D eigenvalue weighted by Gasteiger charge is 2.33. The SMILES string of the molecule is N=C(N)c1ccc(N2CC[C@@H](NC(=O)NCCCC(=O)O)C2=O)cc1. The Morgan fingerprint density at radius 3 is 2.60 bits per heavy atom. The average molecular weight is 347 g/mol. The van der Waals surface area contributed by atoms with Crippen molar-refractivity contribution < 1.29 is 19.5 Å². The van der Waals surface area contributed by atoms with Crippen LogP contribution in [0.3, 0.4) is 0 Å². The molecule has 1 atom stereocenters. The number of amides is 3. The van der Waals surface area contributed by atoms with Crippen molar-refractivity contribution in [2.45, 2.75) is 25.3 Å². The lowest BCUT2D eigenvalue weighted by Gasteiger charge is -2.17. The largest absolute Gasteiger partial charge is 0.481 e. The van der Waals surface area contributed by atoms with Crippen LogP contribution in [-0.2, 0) is 9.59 Å². The van der Waals surface area contributed by atoms with Gasteiger partial charge < -0.3 is 26.4 Å². The van der Waals surface area contributed by atoms with Gasteiger partial charge in [-0.05, 0) is 37.1 Å². The number of nitrogen functional groups attached to an aromatic ring is 1. The summed E-state index contributed by atoms with van der Waals surface area (Å²) in [4.78, 5) is 36.2. The molecule has 1 aliphatic rings. The van der Waals surface area contributed by atoms with Gasteiger partial charge in [0.05, 0.1) is 0 Å².